The van der Waals surface area contributed by atoms with Crippen molar-refractivity contribution in [3.63, 3.8) is 0 Å². The van der Waals surface area contributed by atoms with Gasteiger partial charge in [0, 0.05) is 42.6 Å². The maximum Gasteiger partial charge on any atom is 0.138 e. The van der Waals surface area contributed by atoms with Gasteiger partial charge in [0.2, 0.25) is 0 Å². The van der Waals surface area contributed by atoms with Crippen LogP contribution in [-0.2, 0) is 4.74 Å². The van der Waals surface area contributed by atoms with Crippen molar-refractivity contribution < 1.29 is 9.47 Å². The fourth-order valence-electron chi connectivity index (χ4n) is 4.80. The molecular formula is C28H30N4O2. The van der Waals surface area contributed by atoms with Crippen LogP contribution in [0.2, 0.25) is 0 Å². The zero-order chi connectivity index (χ0) is 23.5. The van der Waals surface area contributed by atoms with Gasteiger partial charge in [-0.3, -0.25) is 0 Å². The Morgan fingerprint density at radius 3 is 2.85 bits per heavy atom. The molecule has 0 radical (unpaired) electrons. The van der Waals surface area contributed by atoms with Crippen LogP contribution in [0.15, 0.2) is 60.3 Å². The fourth-order valence-corrected chi connectivity index (χ4v) is 4.80. The number of hydrogen-bond acceptors (Lipinski definition) is 5. The number of hydrogen-bond donors (Lipinski definition) is 1. The number of nitriles is 1. The van der Waals surface area contributed by atoms with E-state index in [0.29, 0.717) is 30.4 Å². The van der Waals surface area contributed by atoms with E-state index in [1.165, 1.54) is 5.57 Å². The Morgan fingerprint density at radius 1 is 1.21 bits per heavy atom. The van der Waals surface area contributed by atoms with Gasteiger partial charge in [0.25, 0.3) is 0 Å². The number of likely N-dealkylation sites (N-methyl/N-ethyl adjacent to an activating group) is 1. The first-order valence-corrected chi connectivity index (χ1v) is 11.9. The Morgan fingerprint density at radius 2 is 2.06 bits per heavy atom. The number of ether oxygens (including phenoxy) is 2. The Balaban J connectivity index is 1.45. The lowest BCUT2D eigenvalue weighted by Crippen LogP contribution is -2.26. The summed E-state index contributed by atoms with van der Waals surface area (Å²) in [6, 6.07) is 12.4. The molecule has 1 saturated heterocycles. The molecule has 34 heavy (non-hydrogen) atoms. The number of allylic oxidation sites excluding steroid dienone is 2. The summed E-state index contributed by atoms with van der Waals surface area (Å²) >= 11 is 0. The molecule has 1 unspecified atom stereocenters. The number of benzene rings is 1. The van der Waals surface area contributed by atoms with Crippen molar-refractivity contribution in [1.29, 1.82) is 5.26 Å². The van der Waals surface area contributed by atoms with Crippen LogP contribution >= 0.6 is 0 Å². The molecule has 1 aromatic carbocycles. The quantitative estimate of drug-likeness (QED) is 0.555. The summed E-state index contributed by atoms with van der Waals surface area (Å²) in [5.41, 5.74) is 5.96. The lowest BCUT2D eigenvalue weighted by molar-refractivity contribution is 0.0254. The highest BCUT2D eigenvalue weighted by atomic mass is 16.5. The number of pyridine rings is 1. The van der Waals surface area contributed by atoms with E-state index in [0.717, 1.165) is 53.7 Å². The van der Waals surface area contributed by atoms with Crippen molar-refractivity contribution >= 4 is 11.0 Å². The topological polar surface area (TPSA) is 74.2 Å². The standard InChI is InChI=1S/C28H30N4O2/c1-32(2)18-19-4-3-5-21(14-19)26-16-25-24(8-11-30-28(25)31-26)20-6-7-27(22(15-20)17-29)34-23-9-12-33-13-10-23/h3-4,6-8,11,14-16,21,23H,5,9-10,12-13,18H2,1-2H3,(H,30,31). The van der Waals surface area contributed by atoms with E-state index in [2.05, 4.69) is 59.3 Å². The van der Waals surface area contributed by atoms with Crippen molar-refractivity contribution in [3.8, 4) is 22.9 Å². The van der Waals surface area contributed by atoms with Crippen LogP contribution < -0.4 is 4.74 Å². The number of aromatic amines is 1. The summed E-state index contributed by atoms with van der Waals surface area (Å²) < 4.78 is 11.6. The number of H-pyrrole nitrogens is 1. The number of nitrogens with zero attached hydrogens (tertiary/aromatic N) is 3. The minimum absolute atomic E-state index is 0.0987. The van der Waals surface area contributed by atoms with Crippen molar-refractivity contribution in [1.82, 2.24) is 14.9 Å². The third-order valence-electron chi connectivity index (χ3n) is 6.46. The lowest BCUT2D eigenvalue weighted by atomic mass is 9.92. The van der Waals surface area contributed by atoms with E-state index in [9.17, 15) is 5.26 Å². The van der Waals surface area contributed by atoms with Gasteiger partial charge in [-0.25, -0.2) is 4.98 Å². The maximum absolute atomic E-state index is 9.80. The van der Waals surface area contributed by atoms with Crippen molar-refractivity contribution in [3.05, 3.63) is 71.6 Å². The van der Waals surface area contributed by atoms with Gasteiger partial charge in [-0.15, -0.1) is 0 Å². The van der Waals surface area contributed by atoms with Crippen molar-refractivity contribution in [2.45, 2.75) is 31.3 Å². The van der Waals surface area contributed by atoms with E-state index < -0.39 is 0 Å². The highest BCUT2D eigenvalue weighted by Crippen LogP contribution is 2.35. The predicted molar refractivity (Wildman–Crippen MR) is 134 cm³/mol. The van der Waals surface area contributed by atoms with Gasteiger partial charge in [-0.05, 0) is 61.5 Å². The molecule has 1 N–H and O–H groups in total. The normalized spacial score (nSPS) is 18.8. The van der Waals surface area contributed by atoms with Gasteiger partial charge < -0.3 is 19.4 Å². The van der Waals surface area contributed by atoms with Gasteiger partial charge in [-0.1, -0.05) is 24.3 Å². The van der Waals surface area contributed by atoms with Crippen LogP contribution in [0, 0.1) is 11.3 Å². The Kier molecular flexibility index (Phi) is 6.48. The minimum Gasteiger partial charge on any atom is -0.489 e. The van der Waals surface area contributed by atoms with Gasteiger partial charge in [0.05, 0.1) is 18.8 Å². The average molecular weight is 455 g/mol. The largest absolute Gasteiger partial charge is 0.489 e. The molecule has 5 rings (SSSR count). The summed E-state index contributed by atoms with van der Waals surface area (Å²) in [5, 5.41) is 10.9. The average Bonchev–Trinajstić information content (AvgIpc) is 3.29. The number of rotatable bonds is 6. The second-order valence-corrected chi connectivity index (χ2v) is 9.32. The van der Waals surface area contributed by atoms with Gasteiger partial charge >= 0.3 is 0 Å². The summed E-state index contributed by atoms with van der Waals surface area (Å²) in [7, 11) is 4.18. The zero-order valence-electron chi connectivity index (χ0n) is 19.8. The highest BCUT2D eigenvalue weighted by Gasteiger charge is 2.19. The molecule has 1 aliphatic heterocycles. The van der Waals surface area contributed by atoms with E-state index in [1.54, 1.807) is 0 Å². The Bertz CT molecular complexity index is 1280. The fraction of sp³-hybridized carbons (Fsp3) is 0.357. The van der Waals surface area contributed by atoms with E-state index in [1.807, 2.05) is 30.5 Å². The zero-order valence-corrected chi connectivity index (χ0v) is 19.8. The second kappa shape index (κ2) is 9.84. The van der Waals surface area contributed by atoms with Crippen LogP contribution in [-0.4, -0.2) is 54.8 Å². The molecule has 1 fully saturated rings. The molecule has 2 aromatic heterocycles. The summed E-state index contributed by atoms with van der Waals surface area (Å²) in [6.07, 6.45) is 11.4. The van der Waals surface area contributed by atoms with Crippen LogP contribution in [0.25, 0.3) is 22.2 Å². The second-order valence-electron chi connectivity index (χ2n) is 9.32. The molecule has 2 aliphatic rings. The molecule has 6 heteroatoms. The maximum atomic E-state index is 9.80. The van der Waals surface area contributed by atoms with Crippen LogP contribution in [0.1, 0.15) is 36.4 Å². The molecule has 1 atom stereocenters. The van der Waals surface area contributed by atoms with Crippen LogP contribution in [0.5, 0.6) is 5.75 Å². The predicted octanol–water partition coefficient (Wildman–Crippen LogP) is 5.19. The van der Waals surface area contributed by atoms with Gasteiger partial charge in [0.15, 0.2) is 0 Å². The molecule has 3 heterocycles. The Hall–Kier alpha value is -3.40. The van der Waals surface area contributed by atoms with Gasteiger partial charge in [-0.2, -0.15) is 5.26 Å². The first-order valence-electron chi connectivity index (χ1n) is 11.9. The van der Waals surface area contributed by atoms with E-state index in [-0.39, 0.29) is 6.10 Å². The molecular weight excluding hydrogens is 424 g/mol. The number of nitrogens with one attached hydrogen (secondary N) is 1. The van der Waals surface area contributed by atoms with Crippen LogP contribution in [0.4, 0.5) is 0 Å². The van der Waals surface area contributed by atoms with Crippen molar-refractivity contribution in [2.24, 2.45) is 0 Å². The van der Waals surface area contributed by atoms with Crippen molar-refractivity contribution in [2.75, 3.05) is 33.9 Å². The summed E-state index contributed by atoms with van der Waals surface area (Å²) in [5.74, 6) is 0.942. The first kappa shape index (κ1) is 22.4. The molecule has 3 aromatic rings. The monoisotopic (exact) mass is 454 g/mol. The summed E-state index contributed by atoms with van der Waals surface area (Å²) in [6.45, 7) is 2.34. The minimum atomic E-state index is 0.0987. The third-order valence-corrected chi connectivity index (χ3v) is 6.46. The molecule has 1 aliphatic carbocycles. The molecule has 174 valence electrons. The lowest BCUT2D eigenvalue weighted by Gasteiger charge is -2.23. The van der Waals surface area contributed by atoms with E-state index in [4.69, 9.17) is 9.47 Å². The molecule has 0 saturated carbocycles. The molecule has 0 bridgehead atoms. The first-order chi connectivity index (χ1) is 16.6. The third kappa shape index (κ3) is 4.77. The highest BCUT2D eigenvalue weighted by molar-refractivity contribution is 5.94. The number of fused-ring (bicyclic) bond motifs is 1. The summed E-state index contributed by atoms with van der Waals surface area (Å²) in [4.78, 5) is 10.3. The van der Waals surface area contributed by atoms with E-state index >= 15 is 0 Å². The van der Waals surface area contributed by atoms with Gasteiger partial charge in [0.1, 0.15) is 23.6 Å². The van der Waals surface area contributed by atoms with Crippen LogP contribution in [0.3, 0.4) is 0 Å². The molecule has 0 amide bonds. The molecule has 0 spiro atoms. The Labute approximate surface area is 200 Å². The SMILES string of the molecule is CN(C)CC1=CC(c2cc3c(-c4ccc(OC5CCOCC5)c(C#N)c4)ccnc3[nH]2)CC=C1. The number of aromatic nitrogens is 2. The smallest absolute Gasteiger partial charge is 0.138 e. The molecule has 6 nitrogen and oxygen atoms in total.